The predicted molar refractivity (Wildman–Crippen MR) is 111 cm³/mol. The Kier molecular flexibility index (Phi) is 11.2. The third kappa shape index (κ3) is 8.84. The SMILES string of the molecule is CSCC[C@H](N)C(=O)NCC(C)(C)c1ccc(OCC(C)C)cc1.Cl. The molecule has 0 aromatic heterocycles. The van der Waals surface area contributed by atoms with Gasteiger partial charge in [0.15, 0.2) is 0 Å². The Morgan fingerprint density at radius 1 is 1.28 bits per heavy atom. The monoisotopic (exact) mass is 388 g/mol. The summed E-state index contributed by atoms with van der Waals surface area (Å²) in [6, 6.07) is 7.68. The van der Waals surface area contributed by atoms with E-state index >= 15 is 0 Å². The van der Waals surface area contributed by atoms with E-state index in [1.54, 1.807) is 11.8 Å². The molecule has 144 valence electrons. The minimum absolute atomic E-state index is 0. The minimum Gasteiger partial charge on any atom is -0.493 e. The molecule has 0 spiro atoms. The van der Waals surface area contributed by atoms with Crippen LogP contribution >= 0.6 is 24.2 Å². The van der Waals surface area contributed by atoms with Crippen LogP contribution in [0.4, 0.5) is 0 Å². The van der Waals surface area contributed by atoms with Crippen LogP contribution in [-0.2, 0) is 10.2 Å². The first-order chi connectivity index (χ1) is 11.3. The zero-order valence-electron chi connectivity index (χ0n) is 16.0. The van der Waals surface area contributed by atoms with E-state index in [9.17, 15) is 4.79 Å². The van der Waals surface area contributed by atoms with Gasteiger partial charge in [0.1, 0.15) is 5.75 Å². The number of nitrogens with two attached hydrogens (primary N) is 1. The molecular weight excluding hydrogens is 356 g/mol. The van der Waals surface area contributed by atoms with Crippen LogP contribution < -0.4 is 15.8 Å². The topological polar surface area (TPSA) is 64.4 Å². The van der Waals surface area contributed by atoms with Gasteiger partial charge in [-0.25, -0.2) is 0 Å². The lowest BCUT2D eigenvalue weighted by molar-refractivity contribution is -0.122. The molecule has 1 amide bonds. The molecule has 0 aliphatic carbocycles. The molecule has 0 saturated heterocycles. The molecular formula is C19H33ClN2O2S. The van der Waals surface area contributed by atoms with E-state index in [-0.39, 0.29) is 23.7 Å². The standard InChI is InChI=1S/C19H32N2O2S.ClH/c1-14(2)12-23-16-8-6-15(7-9-16)19(3,4)13-21-18(22)17(20)10-11-24-5;/h6-9,14,17H,10-13,20H2,1-5H3,(H,21,22);1H/t17-;/m0./s1. The molecule has 0 bridgehead atoms. The molecule has 1 atom stereocenters. The molecule has 0 aliphatic rings. The van der Waals surface area contributed by atoms with Gasteiger partial charge in [-0.15, -0.1) is 12.4 Å². The van der Waals surface area contributed by atoms with Crippen molar-refractivity contribution in [1.82, 2.24) is 5.32 Å². The van der Waals surface area contributed by atoms with Crippen molar-refractivity contribution in [2.45, 2.75) is 45.6 Å². The highest BCUT2D eigenvalue weighted by atomic mass is 35.5. The maximum Gasteiger partial charge on any atom is 0.236 e. The summed E-state index contributed by atoms with van der Waals surface area (Å²) in [7, 11) is 0. The molecule has 1 aromatic rings. The van der Waals surface area contributed by atoms with E-state index in [2.05, 4.69) is 45.1 Å². The maximum atomic E-state index is 12.1. The number of rotatable bonds is 10. The van der Waals surface area contributed by atoms with Gasteiger partial charge in [0.2, 0.25) is 5.91 Å². The normalized spacial score (nSPS) is 12.4. The van der Waals surface area contributed by atoms with Crippen molar-refractivity contribution in [1.29, 1.82) is 0 Å². The van der Waals surface area contributed by atoms with E-state index in [0.717, 1.165) is 17.1 Å². The highest BCUT2D eigenvalue weighted by Gasteiger charge is 2.23. The number of hydrogen-bond donors (Lipinski definition) is 2. The predicted octanol–water partition coefficient (Wildman–Crippen LogP) is 3.62. The molecule has 4 nitrogen and oxygen atoms in total. The molecule has 0 unspecified atom stereocenters. The van der Waals surface area contributed by atoms with Gasteiger partial charge in [0.25, 0.3) is 0 Å². The molecule has 1 aromatic carbocycles. The summed E-state index contributed by atoms with van der Waals surface area (Å²) >= 11 is 1.70. The lowest BCUT2D eigenvalue weighted by atomic mass is 9.84. The zero-order valence-corrected chi connectivity index (χ0v) is 17.6. The molecule has 6 heteroatoms. The highest BCUT2D eigenvalue weighted by Crippen LogP contribution is 2.25. The Labute approximate surface area is 163 Å². The van der Waals surface area contributed by atoms with Gasteiger partial charge in [0.05, 0.1) is 12.6 Å². The number of thioether (sulfide) groups is 1. The van der Waals surface area contributed by atoms with Crippen LogP contribution in [0.25, 0.3) is 0 Å². The number of ether oxygens (including phenoxy) is 1. The van der Waals surface area contributed by atoms with E-state index < -0.39 is 6.04 Å². The first-order valence-corrected chi connectivity index (χ1v) is 9.91. The molecule has 25 heavy (non-hydrogen) atoms. The average molecular weight is 389 g/mol. The fourth-order valence-corrected chi connectivity index (χ4v) is 2.67. The van der Waals surface area contributed by atoms with Crippen LogP contribution in [0.2, 0.25) is 0 Å². The Balaban J connectivity index is 0.00000576. The quantitative estimate of drug-likeness (QED) is 0.642. The van der Waals surface area contributed by atoms with Gasteiger partial charge in [0, 0.05) is 12.0 Å². The first-order valence-electron chi connectivity index (χ1n) is 8.52. The third-order valence-corrected chi connectivity index (χ3v) is 4.54. The Morgan fingerprint density at radius 2 is 1.88 bits per heavy atom. The number of benzene rings is 1. The van der Waals surface area contributed by atoms with Gasteiger partial charge < -0.3 is 15.8 Å². The number of carbonyl (C=O) groups is 1. The summed E-state index contributed by atoms with van der Waals surface area (Å²) in [5.74, 6) is 2.21. The second kappa shape index (κ2) is 11.7. The van der Waals surface area contributed by atoms with Crippen LogP contribution in [0, 0.1) is 5.92 Å². The van der Waals surface area contributed by atoms with Gasteiger partial charge in [-0.3, -0.25) is 4.79 Å². The van der Waals surface area contributed by atoms with E-state index in [0.29, 0.717) is 25.5 Å². The molecule has 0 saturated carbocycles. The van der Waals surface area contributed by atoms with Crippen molar-refractivity contribution in [2.75, 3.05) is 25.2 Å². The lowest BCUT2D eigenvalue weighted by Gasteiger charge is -2.26. The van der Waals surface area contributed by atoms with Crippen molar-refractivity contribution in [3.05, 3.63) is 29.8 Å². The second-order valence-corrected chi connectivity index (χ2v) is 8.20. The second-order valence-electron chi connectivity index (χ2n) is 7.22. The van der Waals surface area contributed by atoms with Crippen molar-refractivity contribution < 1.29 is 9.53 Å². The molecule has 3 N–H and O–H groups in total. The summed E-state index contributed by atoms with van der Waals surface area (Å²) < 4.78 is 5.71. The molecule has 1 rings (SSSR count). The Bertz CT molecular complexity index is 507. The summed E-state index contributed by atoms with van der Waals surface area (Å²) in [4.78, 5) is 12.1. The average Bonchev–Trinajstić information content (AvgIpc) is 2.56. The zero-order chi connectivity index (χ0) is 18.2. The van der Waals surface area contributed by atoms with E-state index in [4.69, 9.17) is 10.5 Å². The van der Waals surface area contributed by atoms with Gasteiger partial charge in [-0.1, -0.05) is 39.8 Å². The van der Waals surface area contributed by atoms with Crippen LogP contribution in [-0.4, -0.2) is 37.1 Å². The van der Waals surface area contributed by atoms with Gasteiger partial charge >= 0.3 is 0 Å². The first kappa shape index (κ1) is 24.1. The number of amides is 1. The van der Waals surface area contributed by atoms with Crippen molar-refractivity contribution >= 4 is 30.1 Å². The largest absolute Gasteiger partial charge is 0.493 e. The molecule has 0 radical (unpaired) electrons. The van der Waals surface area contributed by atoms with Crippen LogP contribution in [0.1, 0.15) is 39.7 Å². The van der Waals surface area contributed by atoms with Crippen molar-refractivity contribution in [3.8, 4) is 5.75 Å². The Hall–Kier alpha value is -0.910. The van der Waals surface area contributed by atoms with Gasteiger partial charge in [-0.05, 0) is 42.0 Å². The number of carbonyl (C=O) groups excluding carboxylic acids is 1. The fraction of sp³-hybridized carbons (Fsp3) is 0.632. The summed E-state index contributed by atoms with van der Waals surface area (Å²) in [6.45, 7) is 9.77. The fourth-order valence-electron chi connectivity index (χ4n) is 2.18. The summed E-state index contributed by atoms with van der Waals surface area (Å²) in [6.07, 6.45) is 2.72. The maximum absolute atomic E-state index is 12.1. The summed E-state index contributed by atoms with van der Waals surface area (Å²) in [5, 5.41) is 2.98. The number of nitrogens with one attached hydrogen (secondary N) is 1. The molecule has 0 aliphatic heterocycles. The number of hydrogen-bond acceptors (Lipinski definition) is 4. The minimum atomic E-state index is -0.431. The van der Waals surface area contributed by atoms with E-state index in [1.807, 2.05) is 18.4 Å². The van der Waals surface area contributed by atoms with Gasteiger partial charge in [-0.2, -0.15) is 11.8 Å². The van der Waals surface area contributed by atoms with Crippen LogP contribution in [0.3, 0.4) is 0 Å². The lowest BCUT2D eigenvalue weighted by Crippen LogP contribution is -2.45. The number of halogens is 1. The smallest absolute Gasteiger partial charge is 0.236 e. The van der Waals surface area contributed by atoms with Crippen molar-refractivity contribution in [2.24, 2.45) is 11.7 Å². The summed E-state index contributed by atoms with van der Waals surface area (Å²) in [5.41, 5.74) is 6.91. The highest BCUT2D eigenvalue weighted by molar-refractivity contribution is 7.98. The van der Waals surface area contributed by atoms with Crippen LogP contribution in [0.5, 0.6) is 5.75 Å². The third-order valence-electron chi connectivity index (χ3n) is 3.89. The van der Waals surface area contributed by atoms with Crippen molar-refractivity contribution in [3.63, 3.8) is 0 Å². The molecule has 0 fully saturated rings. The van der Waals surface area contributed by atoms with Crippen LogP contribution in [0.15, 0.2) is 24.3 Å². The van der Waals surface area contributed by atoms with E-state index in [1.165, 1.54) is 0 Å². The Morgan fingerprint density at radius 3 is 2.40 bits per heavy atom. The molecule has 0 heterocycles.